The summed E-state index contributed by atoms with van der Waals surface area (Å²) in [6.45, 7) is 15.5. The third-order valence-corrected chi connectivity index (χ3v) is 6.97. The molecule has 1 aromatic heterocycles. The summed E-state index contributed by atoms with van der Waals surface area (Å²) in [6.07, 6.45) is 3.97. The molecule has 0 spiro atoms. The Morgan fingerprint density at radius 1 is 1.00 bits per heavy atom. The van der Waals surface area contributed by atoms with E-state index in [-0.39, 0.29) is 24.4 Å². The molecule has 4 rings (SSSR count). The molecule has 6 nitrogen and oxygen atoms in total. The van der Waals surface area contributed by atoms with Crippen molar-refractivity contribution in [3.05, 3.63) is 23.5 Å². The van der Waals surface area contributed by atoms with Crippen LogP contribution in [0.2, 0.25) is 0 Å². The smallest absolute Gasteiger partial charge is 0.444 e. The van der Waals surface area contributed by atoms with Crippen LogP contribution in [0.15, 0.2) is 12.1 Å². The molecule has 1 amide bonds. The zero-order valence-corrected chi connectivity index (χ0v) is 20.2. The molecular formula is C24H37BN2O4. The first kappa shape index (κ1) is 22.6. The number of carbonyl (C=O) groups excluding carboxylic acids is 1. The normalized spacial score (nSPS) is 23.8. The largest absolute Gasteiger partial charge is 0.494 e. The van der Waals surface area contributed by atoms with Crippen LogP contribution in [0.4, 0.5) is 4.79 Å². The summed E-state index contributed by atoms with van der Waals surface area (Å²) in [5.41, 5.74) is 2.15. The Kier molecular flexibility index (Phi) is 5.66. The minimum Gasteiger partial charge on any atom is -0.444 e. The summed E-state index contributed by atoms with van der Waals surface area (Å²) < 4.78 is 18.2. The van der Waals surface area contributed by atoms with Gasteiger partial charge in [-0.25, -0.2) is 4.79 Å². The lowest BCUT2D eigenvalue weighted by atomic mass is 9.77. The minimum absolute atomic E-state index is 0.219. The van der Waals surface area contributed by atoms with Crippen molar-refractivity contribution >= 4 is 18.7 Å². The molecule has 1 saturated carbocycles. The average Bonchev–Trinajstić information content (AvgIpc) is 3.47. The van der Waals surface area contributed by atoms with E-state index >= 15 is 0 Å². The van der Waals surface area contributed by atoms with Crippen LogP contribution >= 0.6 is 0 Å². The first-order chi connectivity index (χ1) is 14.3. The zero-order chi connectivity index (χ0) is 22.6. The zero-order valence-electron chi connectivity index (χ0n) is 20.2. The molecular weight excluding hydrogens is 391 g/mol. The second kappa shape index (κ2) is 7.77. The van der Waals surface area contributed by atoms with Gasteiger partial charge in [0.2, 0.25) is 0 Å². The van der Waals surface area contributed by atoms with Gasteiger partial charge in [0.15, 0.2) is 0 Å². The van der Waals surface area contributed by atoms with E-state index in [2.05, 4.69) is 39.8 Å². The van der Waals surface area contributed by atoms with Gasteiger partial charge in [-0.05, 0) is 91.7 Å². The van der Waals surface area contributed by atoms with Crippen LogP contribution in [0.3, 0.4) is 0 Å². The number of nitrogens with zero attached hydrogens (tertiary/aromatic N) is 2. The topological polar surface area (TPSA) is 60.9 Å². The van der Waals surface area contributed by atoms with Crippen molar-refractivity contribution in [3.63, 3.8) is 0 Å². The van der Waals surface area contributed by atoms with Crippen molar-refractivity contribution in [2.75, 3.05) is 13.1 Å². The maximum atomic E-state index is 12.4. The Labute approximate surface area is 187 Å². The molecule has 3 aliphatic rings. The SMILES string of the molecule is CC(C)(C)OC(=O)N1CCC(c2cc(B3OC(C)(C)C(C)(C)O3)cc(C3CC3)n2)CC1. The third-order valence-electron chi connectivity index (χ3n) is 6.97. The predicted octanol–water partition coefficient (Wildman–Crippen LogP) is 4.37. The summed E-state index contributed by atoms with van der Waals surface area (Å²) in [5, 5.41) is 0. The minimum atomic E-state index is -0.466. The Hall–Kier alpha value is -1.60. The summed E-state index contributed by atoms with van der Waals surface area (Å²) in [4.78, 5) is 19.3. The maximum absolute atomic E-state index is 12.4. The molecule has 1 aromatic rings. The van der Waals surface area contributed by atoms with Crippen LogP contribution in [-0.2, 0) is 14.0 Å². The van der Waals surface area contributed by atoms with Gasteiger partial charge in [0.1, 0.15) is 5.60 Å². The molecule has 3 heterocycles. The van der Waals surface area contributed by atoms with E-state index in [1.807, 2.05) is 25.7 Å². The molecule has 2 aliphatic heterocycles. The van der Waals surface area contributed by atoms with Crippen molar-refractivity contribution in [1.29, 1.82) is 0 Å². The van der Waals surface area contributed by atoms with Crippen LogP contribution in [0, 0.1) is 0 Å². The number of likely N-dealkylation sites (tertiary alicyclic amines) is 1. The molecule has 170 valence electrons. The molecule has 0 atom stereocenters. The van der Waals surface area contributed by atoms with Gasteiger partial charge in [-0.1, -0.05) is 0 Å². The summed E-state index contributed by atoms with van der Waals surface area (Å²) in [5.74, 6) is 0.890. The fourth-order valence-corrected chi connectivity index (χ4v) is 4.19. The highest BCUT2D eigenvalue weighted by molar-refractivity contribution is 6.62. The Balaban J connectivity index is 1.50. The van der Waals surface area contributed by atoms with E-state index in [1.165, 1.54) is 12.8 Å². The number of pyridine rings is 1. The Bertz CT molecular complexity index is 820. The van der Waals surface area contributed by atoms with Crippen LogP contribution < -0.4 is 5.46 Å². The molecule has 0 unspecified atom stereocenters. The van der Waals surface area contributed by atoms with Crippen LogP contribution in [0.25, 0.3) is 0 Å². The van der Waals surface area contributed by atoms with Crippen molar-refractivity contribution < 1.29 is 18.8 Å². The summed E-state index contributed by atoms with van der Waals surface area (Å²) in [6, 6.07) is 4.35. The number of hydrogen-bond donors (Lipinski definition) is 0. The molecule has 31 heavy (non-hydrogen) atoms. The molecule has 0 aromatic carbocycles. The van der Waals surface area contributed by atoms with Gasteiger partial charge in [0.05, 0.1) is 11.2 Å². The van der Waals surface area contributed by atoms with Crippen molar-refractivity contribution in [2.45, 2.75) is 103 Å². The highest BCUT2D eigenvalue weighted by Gasteiger charge is 2.52. The number of piperidine rings is 1. The first-order valence-corrected chi connectivity index (χ1v) is 11.7. The van der Waals surface area contributed by atoms with Crippen LogP contribution in [-0.4, -0.2) is 53.0 Å². The molecule has 0 bridgehead atoms. The third kappa shape index (κ3) is 4.93. The number of carbonyl (C=O) groups is 1. The predicted molar refractivity (Wildman–Crippen MR) is 122 cm³/mol. The molecule has 0 radical (unpaired) electrons. The lowest BCUT2D eigenvalue weighted by Crippen LogP contribution is -2.41. The average molecular weight is 428 g/mol. The van der Waals surface area contributed by atoms with Crippen molar-refractivity contribution in [3.8, 4) is 0 Å². The van der Waals surface area contributed by atoms with E-state index in [4.69, 9.17) is 19.0 Å². The van der Waals surface area contributed by atoms with E-state index in [0.29, 0.717) is 24.9 Å². The van der Waals surface area contributed by atoms with Gasteiger partial charge in [-0.15, -0.1) is 0 Å². The maximum Gasteiger partial charge on any atom is 0.494 e. The van der Waals surface area contributed by atoms with Gasteiger partial charge in [-0.3, -0.25) is 4.98 Å². The van der Waals surface area contributed by atoms with E-state index in [0.717, 1.165) is 29.7 Å². The number of aromatic nitrogens is 1. The molecule has 0 N–H and O–H groups in total. The van der Waals surface area contributed by atoms with Gasteiger partial charge < -0.3 is 18.9 Å². The monoisotopic (exact) mass is 428 g/mol. The van der Waals surface area contributed by atoms with Crippen LogP contribution in [0.1, 0.15) is 97.4 Å². The number of ether oxygens (including phenoxy) is 1. The fraction of sp³-hybridized carbons (Fsp3) is 0.750. The number of hydrogen-bond acceptors (Lipinski definition) is 5. The number of amides is 1. The lowest BCUT2D eigenvalue weighted by Gasteiger charge is -2.33. The van der Waals surface area contributed by atoms with Gasteiger partial charge in [-0.2, -0.15) is 0 Å². The second-order valence-electron chi connectivity index (χ2n) is 11.4. The quantitative estimate of drug-likeness (QED) is 0.669. The fourth-order valence-electron chi connectivity index (χ4n) is 4.19. The van der Waals surface area contributed by atoms with E-state index < -0.39 is 5.60 Å². The van der Waals surface area contributed by atoms with Crippen LogP contribution in [0.5, 0.6) is 0 Å². The van der Waals surface area contributed by atoms with E-state index in [9.17, 15) is 4.79 Å². The van der Waals surface area contributed by atoms with Gasteiger partial charge >= 0.3 is 13.2 Å². The first-order valence-electron chi connectivity index (χ1n) is 11.7. The Morgan fingerprint density at radius 3 is 1.94 bits per heavy atom. The highest BCUT2D eigenvalue weighted by Crippen LogP contribution is 2.41. The molecule has 3 fully saturated rings. The van der Waals surface area contributed by atoms with Gasteiger partial charge in [0, 0.05) is 36.3 Å². The standard InChI is InChI=1S/C24H37BN2O4/c1-22(2,3)29-21(28)27-12-10-17(11-13-27)20-15-18(14-19(26-20)16-8-9-16)25-30-23(4,5)24(6,7)31-25/h14-17H,8-13H2,1-7H3. The molecule has 7 heteroatoms. The van der Waals surface area contributed by atoms with Gasteiger partial charge in [0.25, 0.3) is 0 Å². The summed E-state index contributed by atoms with van der Waals surface area (Å²) >= 11 is 0. The van der Waals surface area contributed by atoms with Crippen molar-refractivity contribution in [2.24, 2.45) is 0 Å². The second-order valence-corrected chi connectivity index (χ2v) is 11.4. The molecule has 2 saturated heterocycles. The van der Waals surface area contributed by atoms with Crippen molar-refractivity contribution in [1.82, 2.24) is 9.88 Å². The highest BCUT2D eigenvalue weighted by atomic mass is 16.7. The van der Waals surface area contributed by atoms with E-state index in [1.54, 1.807) is 0 Å². The molecule has 1 aliphatic carbocycles. The summed E-state index contributed by atoms with van der Waals surface area (Å²) in [7, 11) is -0.369. The Morgan fingerprint density at radius 2 is 1.48 bits per heavy atom. The number of rotatable bonds is 3. The lowest BCUT2D eigenvalue weighted by molar-refractivity contribution is 0.00578.